The van der Waals surface area contributed by atoms with Gasteiger partial charge in [0.05, 0.1) is 12.2 Å². The van der Waals surface area contributed by atoms with Crippen LogP contribution in [-0.2, 0) is 4.79 Å². The maximum absolute atomic E-state index is 10.4. The van der Waals surface area contributed by atoms with Crippen LogP contribution in [0.4, 0.5) is 0 Å². The second-order valence-electron chi connectivity index (χ2n) is 3.28. The molecule has 0 aliphatic heterocycles. The molecule has 1 fully saturated rings. The van der Waals surface area contributed by atoms with Crippen molar-refractivity contribution in [3.05, 3.63) is 0 Å². The van der Waals surface area contributed by atoms with Crippen molar-refractivity contribution in [2.24, 2.45) is 5.92 Å². The summed E-state index contributed by atoms with van der Waals surface area (Å²) in [5.74, 6) is -0.530. The topological polar surface area (TPSA) is 77.8 Å². The number of hydrogen-bond acceptors (Lipinski definition) is 4. The van der Waals surface area contributed by atoms with Crippen LogP contribution in [0, 0.1) is 5.92 Å². The Kier molecular flexibility index (Phi) is 3.20. The first kappa shape index (κ1) is 9.64. The summed E-state index contributed by atoms with van der Waals surface area (Å²) >= 11 is 0. The lowest BCUT2D eigenvalue weighted by molar-refractivity contribution is -0.120. The van der Waals surface area contributed by atoms with Gasteiger partial charge in [-0.15, -0.1) is 0 Å². The average Bonchev–Trinajstić information content (AvgIpc) is 2.19. The van der Waals surface area contributed by atoms with Crippen molar-refractivity contribution < 1.29 is 20.1 Å². The van der Waals surface area contributed by atoms with Gasteiger partial charge in [0.1, 0.15) is 12.4 Å². The molecule has 1 rings (SSSR count). The first-order valence-corrected chi connectivity index (χ1v) is 4.16. The van der Waals surface area contributed by atoms with Gasteiger partial charge in [0.25, 0.3) is 0 Å². The van der Waals surface area contributed by atoms with Crippen LogP contribution in [0.5, 0.6) is 0 Å². The van der Waals surface area contributed by atoms with E-state index in [0.29, 0.717) is 25.5 Å². The van der Waals surface area contributed by atoms with Gasteiger partial charge in [0.2, 0.25) is 0 Å². The van der Waals surface area contributed by atoms with Crippen molar-refractivity contribution in [3.63, 3.8) is 0 Å². The fourth-order valence-electron chi connectivity index (χ4n) is 1.53. The number of aliphatic hydroxyl groups excluding tert-OH is 3. The molecule has 0 spiro atoms. The van der Waals surface area contributed by atoms with Crippen molar-refractivity contribution >= 4 is 6.29 Å². The molecule has 4 heteroatoms. The Morgan fingerprint density at radius 1 is 1.08 bits per heavy atom. The Labute approximate surface area is 70.8 Å². The van der Waals surface area contributed by atoms with Gasteiger partial charge in [-0.2, -0.15) is 0 Å². The van der Waals surface area contributed by atoms with E-state index in [0.717, 1.165) is 0 Å². The minimum absolute atomic E-state index is 0.447. The molecule has 4 nitrogen and oxygen atoms in total. The lowest BCUT2D eigenvalue weighted by atomic mass is 9.97. The summed E-state index contributed by atoms with van der Waals surface area (Å²) in [6, 6.07) is 0. The van der Waals surface area contributed by atoms with Gasteiger partial charge in [0, 0.05) is 5.92 Å². The lowest BCUT2D eigenvalue weighted by Gasteiger charge is -2.21. The number of carbonyl (C=O) groups is 1. The van der Waals surface area contributed by atoms with Crippen LogP contribution in [0.25, 0.3) is 0 Å². The van der Waals surface area contributed by atoms with Gasteiger partial charge in [-0.1, -0.05) is 0 Å². The van der Waals surface area contributed by atoms with Crippen LogP contribution in [0.1, 0.15) is 19.3 Å². The van der Waals surface area contributed by atoms with Crippen LogP contribution in [0.3, 0.4) is 0 Å². The molecule has 12 heavy (non-hydrogen) atoms. The predicted molar refractivity (Wildman–Crippen MR) is 41.4 cm³/mol. The third-order valence-electron chi connectivity index (χ3n) is 2.39. The minimum Gasteiger partial charge on any atom is -0.390 e. The number of aliphatic hydroxyl groups is 3. The monoisotopic (exact) mass is 174 g/mol. The van der Waals surface area contributed by atoms with Crippen molar-refractivity contribution in [2.45, 2.75) is 37.6 Å². The van der Waals surface area contributed by atoms with Crippen LogP contribution in [0.15, 0.2) is 0 Å². The van der Waals surface area contributed by atoms with Crippen molar-refractivity contribution in [3.8, 4) is 0 Å². The summed E-state index contributed by atoms with van der Waals surface area (Å²) in [5.41, 5.74) is 0. The smallest absolute Gasteiger partial charge is 0.125 e. The van der Waals surface area contributed by atoms with E-state index < -0.39 is 24.2 Å². The second kappa shape index (κ2) is 3.98. The van der Waals surface area contributed by atoms with E-state index >= 15 is 0 Å². The molecule has 70 valence electrons. The van der Waals surface area contributed by atoms with E-state index in [1.807, 2.05) is 0 Å². The first-order chi connectivity index (χ1) is 5.66. The van der Waals surface area contributed by atoms with Crippen LogP contribution in [-0.4, -0.2) is 39.9 Å². The highest BCUT2D eigenvalue weighted by Crippen LogP contribution is 2.22. The number of rotatable bonds is 1. The van der Waals surface area contributed by atoms with Gasteiger partial charge < -0.3 is 20.1 Å². The lowest BCUT2D eigenvalue weighted by Crippen LogP contribution is -2.40. The zero-order valence-electron chi connectivity index (χ0n) is 6.76. The number of hydrogen-bond donors (Lipinski definition) is 3. The zero-order chi connectivity index (χ0) is 9.14. The average molecular weight is 174 g/mol. The molecule has 0 aromatic carbocycles. The maximum Gasteiger partial charge on any atom is 0.125 e. The molecular weight excluding hydrogens is 160 g/mol. The molecule has 0 aromatic rings. The van der Waals surface area contributed by atoms with Crippen LogP contribution >= 0.6 is 0 Å². The Hall–Kier alpha value is -0.450. The summed E-state index contributed by atoms with van der Waals surface area (Å²) in [7, 11) is 0. The summed E-state index contributed by atoms with van der Waals surface area (Å²) in [5, 5.41) is 27.8. The zero-order valence-corrected chi connectivity index (χ0v) is 6.76. The van der Waals surface area contributed by atoms with E-state index in [1.54, 1.807) is 0 Å². The van der Waals surface area contributed by atoms with E-state index in [9.17, 15) is 20.1 Å². The molecule has 4 unspecified atom stereocenters. The molecule has 4 atom stereocenters. The molecule has 1 aliphatic rings. The number of aldehydes is 1. The Morgan fingerprint density at radius 2 is 1.75 bits per heavy atom. The van der Waals surface area contributed by atoms with Crippen molar-refractivity contribution in [1.29, 1.82) is 0 Å². The third-order valence-corrected chi connectivity index (χ3v) is 2.39. The van der Waals surface area contributed by atoms with E-state index in [4.69, 9.17) is 0 Å². The SMILES string of the molecule is O=CC1CCCC(O)C(O)C1O. The molecule has 1 saturated carbocycles. The molecule has 1 aliphatic carbocycles. The molecule has 3 N–H and O–H groups in total. The van der Waals surface area contributed by atoms with E-state index in [1.165, 1.54) is 0 Å². The molecule has 0 heterocycles. The van der Waals surface area contributed by atoms with Gasteiger partial charge in [-0.05, 0) is 19.3 Å². The first-order valence-electron chi connectivity index (χ1n) is 4.16. The molecular formula is C8H14O4. The summed E-state index contributed by atoms with van der Waals surface area (Å²) < 4.78 is 0. The minimum atomic E-state index is -1.18. The highest BCUT2D eigenvalue weighted by molar-refractivity contribution is 5.54. The van der Waals surface area contributed by atoms with Crippen molar-refractivity contribution in [1.82, 2.24) is 0 Å². The predicted octanol–water partition coefficient (Wildman–Crippen LogP) is -0.932. The largest absolute Gasteiger partial charge is 0.390 e. The van der Waals surface area contributed by atoms with E-state index in [-0.39, 0.29) is 0 Å². The molecule has 0 amide bonds. The normalized spacial score (nSPS) is 43.6. The quantitative estimate of drug-likeness (QED) is 0.354. The summed E-state index contributed by atoms with van der Waals surface area (Å²) in [4.78, 5) is 10.4. The highest BCUT2D eigenvalue weighted by atomic mass is 16.4. The standard InChI is InChI=1S/C8H14O4/c9-4-5-2-1-3-6(10)8(12)7(5)11/h4-8,10-12H,1-3H2. The second-order valence-corrected chi connectivity index (χ2v) is 3.28. The maximum atomic E-state index is 10.4. The number of carbonyl (C=O) groups excluding carboxylic acids is 1. The molecule has 0 saturated heterocycles. The Bertz CT molecular complexity index is 159. The molecule has 0 radical (unpaired) electrons. The van der Waals surface area contributed by atoms with Gasteiger partial charge in [-0.25, -0.2) is 0 Å². The summed E-state index contributed by atoms with van der Waals surface area (Å²) in [6.45, 7) is 0. The van der Waals surface area contributed by atoms with Crippen LogP contribution < -0.4 is 0 Å². The summed E-state index contributed by atoms with van der Waals surface area (Å²) in [6.07, 6.45) is -0.890. The van der Waals surface area contributed by atoms with Gasteiger partial charge >= 0.3 is 0 Å². The van der Waals surface area contributed by atoms with E-state index in [2.05, 4.69) is 0 Å². The third kappa shape index (κ3) is 1.83. The molecule has 0 aromatic heterocycles. The fourth-order valence-corrected chi connectivity index (χ4v) is 1.53. The molecule has 0 bridgehead atoms. The Balaban J connectivity index is 2.65. The fraction of sp³-hybridized carbons (Fsp3) is 0.875. The highest BCUT2D eigenvalue weighted by Gasteiger charge is 2.33. The van der Waals surface area contributed by atoms with Gasteiger partial charge in [-0.3, -0.25) is 0 Å². The van der Waals surface area contributed by atoms with Crippen molar-refractivity contribution in [2.75, 3.05) is 0 Å². The van der Waals surface area contributed by atoms with Crippen LogP contribution in [0.2, 0.25) is 0 Å². The Morgan fingerprint density at radius 3 is 2.33 bits per heavy atom. The van der Waals surface area contributed by atoms with Gasteiger partial charge in [0.15, 0.2) is 0 Å².